The number of carbonyl (C=O) groups excluding carboxylic acids is 1. The maximum Gasteiger partial charge on any atom is 0.241 e. The predicted molar refractivity (Wildman–Crippen MR) is 92.5 cm³/mol. The molecule has 22 heavy (non-hydrogen) atoms. The highest BCUT2D eigenvalue weighted by atomic mass is 35.5. The monoisotopic (exact) mass is 336 g/mol. The van der Waals surface area contributed by atoms with Crippen molar-refractivity contribution >= 4 is 34.8 Å². The zero-order valence-electron chi connectivity index (χ0n) is 12.5. The van der Waals surface area contributed by atoms with Crippen LogP contribution < -0.4 is 5.32 Å². The number of benzene rings is 2. The van der Waals surface area contributed by atoms with Crippen LogP contribution in [0.2, 0.25) is 10.0 Å². The van der Waals surface area contributed by atoms with Gasteiger partial charge >= 0.3 is 0 Å². The van der Waals surface area contributed by atoms with Gasteiger partial charge in [-0.25, -0.2) is 0 Å². The fourth-order valence-corrected chi connectivity index (χ4v) is 2.49. The van der Waals surface area contributed by atoms with Gasteiger partial charge in [0.2, 0.25) is 5.91 Å². The van der Waals surface area contributed by atoms with Gasteiger partial charge in [0.1, 0.15) is 0 Å². The Hall–Kier alpha value is -1.55. The summed E-state index contributed by atoms with van der Waals surface area (Å²) in [4.78, 5) is 14.3. The Morgan fingerprint density at radius 2 is 1.86 bits per heavy atom. The van der Waals surface area contributed by atoms with Crippen molar-refractivity contribution in [2.24, 2.45) is 0 Å². The van der Waals surface area contributed by atoms with Crippen molar-refractivity contribution in [2.75, 3.05) is 12.4 Å². The lowest BCUT2D eigenvalue weighted by Crippen LogP contribution is -2.39. The van der Waals surface area contributed by atoms with E-state index in [1.54, 1.807) is 18.2 Å². The number of amides is 1. The summed E-state index contributed by atoms with van der Waals surface area (Å²) in [5.41, 5.74) is 1.73. The molecule has 1 N–H and O–H groups in total. The molecule has 2 aromatic rings. The van der Waals surface area contributed by atoms with Crippen molar-refractivity contribution in [3.8, 4) is 0 Å². The maximum absolute atomic E-state index is 12.3. The number of halogens is 2. The summed E-state index contributed by atoms with van der Waals surface area (Å²) in [7, 11) is 1.92. The largest absolute Gasteiger partial charge is 0.323 e. The minimum absolute atomic E-state index is 0.109. The van der Waals surface area contributed by atoms with Crippen LogP contribution in [0.3, 0.4) is 0 Å². The smallest absolute Gasteiger partial charge is 0.241 e. The Kier molecular flexibility index (Phi) is 5.83. The summed E-state index contributed by atoms with van der Waals surface area (Å²) < 4.78 is 0. The highest BCUT2D eigenvalue weighted by molar-refractivity contribution is 6.36. The second-order valence-corrected chi connectivity index (χ2v) is 6.03. The standard InChI is InChI=1S/C17H18Cl2N2O/c1-12(21(2)11-13-6-4-3-5-7-13)17(22)20-16-9-8-14(18)10-15(16)19/h3-10,12H,11H2,1-2H3,(H,20,22)/t12-/m1/s1. The molecule has 0 bridgehead atoms. The van der Waals surface area contributed by atoms with E-state index in [-0.39, 0.29) is 11.9 Å². The Morgan fingerprint density at radius 1 is 1.18 bits per heavy atom. The molecule has 0 spiro atoms. The van der Waals surface area contributed by atoms with E-state index in [1.807, 2.05) is 49.2 Å². The number of likely N-dealkylation sites (N-methyl/N-ethyl adjacent to an activating group) is 1. The van der Waals surface area contributed by atoms with Gasteiger partial charge in [0.15, 0.2) is 0 Å². The van der Waals surface area contributed by atoms with Crippen molar-refractivity contribution in [3.05, 3.63) is 64.1 Å². The summed E-state index contributed by atoms with van der Waals surface area (Å²) in [5.74, 6) is -0.109. The van der Waals surface area contributed by atoms with E-state index in [9.17, 15) is 4.79 Å². The first-order valence-electron chi connectivity index (χ1n) is 6.97. The minimum Gasteiger partial charge on any atom is -0.323 e. The molecular weight excluding hydrogens is 319 g/mol. The van der Waals surface area contributed by atoms with E-state index in [4.69, 9.17) is 23.2 Å². The number of nitrogens with one attached hydrogen (secondary N) is 1. The number of rotatable bonds is 5. The SMILES string of the molecule is C[C@H](C(=O)Nc1ccc(Cl)cc1Cl)N(C)Cc1ccccc1. The van der Waals surface area contributed by atoms with Gasteiger partial charge < -0.3 is 5.32 Å². The summed E-state index contributed by atoms with van der Waals surface area (Å²) >= 11 is 11.9. The zero-order chi connectivity index (χ0) is 16.1. The molecule has 0 unspecified atom stereocenters. The van der Waals surface area contributed by atoms with Crippen LogP contribution in [-0.4, -0.2) is 23.9 Å². The van der Waals surface area contributed by atoms with E-state index in [1.165, 1.54) is 0 Å². The lowest BCUT2D eigenvalue weighted by atomic mass is 10.2. The van der Waals surface area contributed by atoms with E-state index in [0.717, 1.165) is 5.56 Å². The van der Waals surface area contributed by atoms with Gasteiger partial charge in [0, 0.05) is 11.6 Å². The number of carbonyl (C=O) groups is 1. The number of hydrogen-bond acceptors (Lipinski definition) is 2. The first-order chi connectivity index (χ1) is 10.5. The van der Waals surface area contributed by atoms with Gasteiger partial charge in [0.05, 0.1) is 16.8 Å². The van der Waals surface area contributed by atoms with Crippen LogP contribution in [0, 0.1) is 0 Å². The first kappa shape index (κ1) is 16.8. The van der Waals surface area contributed by atoms with E-state index < -0.39 is 0 Å². The fraction of sp³-hybridized carbons (Fsp3) is 0.235. The average Bonchev–Trinajstić information content (AvgIpc) is 2.50. The molecule has 5 heteroatoms. The summed E-state index contributed by atoms with van der Waals surface area (Å²) in [6.07, 6.45) is 0. The van der Waals surface area contributed by atoms with Crippen molar-refractivity contribution in [3.63, 3.8) is 0 Å². The summed E-state index contributed by atoms with van der Waals surface area (Å²) in [5, 5.41) is 3.80. The molecule has 0 aliphatic carbocycles. The van der Waals surface area contributed by atoms with Gasteiger partial charge in [0.25, 0.3) is 0 Å². The van der Waals surface area contributed by atoms with Crippen LogP contribution >= 0.6 is 23.2 Å². The molecule has 2 rings (SSSR count). The van der Waals surface area contributed by atoms with Gasteiger partial charge in [-0.3, -0.25) is 9.69 Å². The third-order valence-corrected chi connectivity index (χ3v) is 4.05. The van der Waals surface area contributed by atoms with Crippen molar-refractivity contribution in [1.29, 1.82) is 0 Å². The molecule has 1 amide bonds. The molecule has 116 valence electrons. The molecule has 2 aromatic carbocycles. The van der Waals surface area contributed by atoms with E-state index >= 15 is 0 Å². The molecule has 0 aromatic heterocycles. The second-order valence-electron chi connectivity index (χ2n) is 5.19. The van der Waals surface area contributed by atoms with E-state index in [0.29, 0.717) is 22.3 Å². The summed E-state index contributed by atoms with van der Waals surface area (Å²) in [6, 6.07) is 14.7. The number of nitrogens with zero attached hydrogens (tertiary/aromatic N) is 1. The quantitative estimate of drug-likeness (QED) is 0.874. The van der Waals surface area contributed by atoms with Crippen molar-refractivity contribution < 1.29 is 4.79 Å². The third kappa shape index (κ3) is 4.47. The molecule has 0 fully saturated rings. The third-order valence-electron chi connectivity index (χ3n) is 3.50. The van der Waals surface area contributed by atoms with Gasteiger partial charge in [-0.15, -0.1) is 0 Å². The molecule has 0 heterocycles. The minimum atomic E-state index is -0.285. The van der Waals surface area contributed by atoms with Crippen LogP contribution in [0.25, 0.3) is 0 Å². The zero-order valence-corrected chi connectivity index (χ0v) is 14.0. The second kappa shape index (κ2) is 7.63. The Morgan fingerprint density at radius 3 is 2.50 bits per heavy atom. The average molecular weight is 337 g/mol. The predicted octanol–water partition coefficient (Wildman–Crippen LogP) is 4.45. The van der Waals surface area contributed by atoms with E-state index in [2.05, 4.69) is 5.32 Å². The normalized spacial score (nSPS) is 12.2. The Balaban J connectivity index is 1.99. The molecule has 0 aliphatic rings. The molecule has 0 saturated heterocycles. The lowest BCUT2D eigenvalue weighted by molar-refractivity contribution is -0.120. The van der Waals surface area contributed by atoms with Crippen molar-refractivity contribution in [2.45, 2.75) is 19.5 Å². The molecule has 0 aliphatic heterocycles. The molecule has 1 atom stereocenters. The number of hydrogen-bond donors (Lipinski definition) is 1. The molecule has 0 radical (unpaired) electrons. The first-order valence-corrected chi connectivity index (χ1v) is 7.73. The number of anilines is 1. The van der Waals surface area contributed by atoms with Crippen LogP contribution in [0.1, 0.15) is 12.5 Å². The highest BCUT2D eigenvalue weighted by Crippen LogP contribution is 2.25. The molecule has 0 saturated carbocycles. The molecular formula is C17H18Cl2N2O. The van der Waals surface area contributed by atoms with Crippen molar-refractivity contribution in [1.82, 2.24) is 4.90 Å². The lowest BCUT2D eigenvalue weighted by Gasteiger charge is -2.24. The maximum atomic E-state index is 12.3. The summed E-state index contributed by atoms with van der Waals surface area (Å²) in [6.45, 7) is 2.56. The Labute approximate surface area is 140 Å². The molecule has 3 nitrogen and oxygen atoms in total. The fourth-order valence-electron chi connectivity index (χ4n) is 2.04. The topological polar surface area (TPSA) is 32.3 Å². The Bertz CT molecular complexity index is 646. The van der Waals surface area contributed by atoms with Gasteiger partial charge in [-0.1, -0.05) is 53.5 Å². The van der Waals surface area contributed by atoms with Crippen LogP contribution in [0.15, 0.2) is 48.5 Å². The highest BCUT2D eigenvalue weighted by Gasteiger charge is 2.19. The van der Waals surface area contributed by atoms with Gasteiger partial charge in [-0.05, 0) is 37.7 Å². The van der Waals surface area contributed by atoms with Gasteiger partial charge in [-0.2, -0.15) is 0 Å². The van der Waals surface area contributed by atoms with Crippen LogP contribution in [0.4, 0.5) is 5.69 Å². The van der Waals surface area contributed by atoms with Crippen LogP contribution in [-0.2, 0) is 11.3 Å². The van der Waals surface area contributed by atoms with Crippen LogP contribution in [0.5, 0.6) is 0 Å².